The van der Waals surface area contributed by atoms with Crippen molar-refractivity contribution in [2.45, 2.75) is 0 Å². The van der Waals surface area contributed by atoms with Crippen LogP contribution in [0.25, 0.3) is 0 Å². The van der Waals surface area contributed by atoms with Gasteiger partial charge in [0.25, 0.3) is 0 Å². The van der Waals surface area contributed by atoms with Crippen molar-refractivity contribution in [2.24, 2.45) is 4.99 Å². The molecule has 0 aliphatic carbocycles. The Morgan fingerprint density at radius 1 is 1.39 bits per heavy atom. The molecule has 0 aromatic rings. The van der Waals surface area contributed by atoms with Crippen molar-refractivity contribution in [1.82, 2.24) is 15.5 Å². The minimum atomic E-state index is -2.78. The lowest BCUT2D eigenvalue weighted by Gasteiger charge is -2.26. The van der Waals surface area contributed by atoms with Crippen LogP contribution >= 0.6 is 0 Å². The van der Waals surface area contributed by atoms with Crippen LogP contribution < -0.4 is 10.6 Å². The molecule has 0 aromatic carbocycles. The van der Waals surface area contributed by atoms with Gasteiger partial charge in [-0.2, -0.15) is 0 Å². The van der Waals surface area contributed by atoms with Crippen LogP contribution in [0.15, 0.2) is 17.6 Å². The molecule has 1 rings (SSSR count). The summed E-state index contributed by atoms with van der Waals surface area (Å²) in [6.45, 7) is 7.12. The molecule has 0 atom stereocenters. The topological polar surface area (TPSA) is 73.8 Å². The van der Waals surface area contributed by atoms with Crippen LogP contribution in [-0.2, 0) is 9.84 Å². The van der Waals surface area contributed by atoms with Crippen LogP contribution in [-0.4, -0.2) is 70.6 Å². The fourth-order valence-corrected chi connectivity index (χ4v) is 2.97. The first kappa shape index (κ1) is 15.0. The molecule has 104 valence electrons. The van der Waals surface area contributed by atoms with E-state index >= 15 is 0 Å². The molecule has 1 aliphatic heterocycles. The number of sulfone groups is 1. The number of guanidine groups is 1. The highest BCUT2D eigenvalue weighted by Gasteiger charge is 2.20. The van der Waals surface area contributed by atoms with Crippen molar-refractivity contribution in [3.05, 3.63) is 12.7 Å². The highest BCUT2D eigenvalue weighted by Crippen LogP contribution is 2.02. The van der Waals surface area contributed by atoms with Crippen molar-refractivity contribution in [2.75, 3.05) is 51.3 Å². The van der Waals surface area contributed by atoms with E-state index in [2.05, 4.69) is 27.1 Å². The summed E-state index contributed by atoms with van der Waals surface area (Å²) in [6.07, 6.45) is 1.77. The van der Waals surface area contributed by atoms with E-state index in [1.165, 1.54) is 0 Å². The fourth-order valence-electron chi connectivity index (χ4n) is 1.70. The molecule has 0 aromatic heterocycles. The van der Waals surface area contributed by atoms with E-state index in [1.807, 2.05) is 0 Å². The predicted molar refractivity (Wildman–Crippen MR) is 74.7 cm³/mol. The molecule has 0 bridgehead atoms. The Balaban J connectivity index is 2.20. The molecule has 6 nitrogen and oxygen atoms in total. The number of nitrogens with zero attached hydrogens (tertiary/aromatic N) is 2. The maximum atomic E-state index is 11.3. The van der Waals surface area contributed by atoms with Gasteiger partial charge in [-0.05, 0) is 0 Å². The molecule has 18 heavy (non-hydrogen) atoms. The Labute approximate surface area is 109 Å². The third-order valence-corrected chi connectivity index (χ3v) is 4.40. The van der Waals surface area contributed by atoms with Crippen molar-refractivity contribution in [3.63, 3.8) is 0 Å². The lowest BCUT2D eigenvalue weighted by atomic mass is 10.4. The van der Waals surface area contributed by atoms with Gasteiger partial charge in [0.2, 0.25) is 0 Å². The molecule has 1 saturated heterocycles. The normalized spacial score (nSPS) is 20.4. The van der Waals surface area contributed by atoms with Crippen LogP contribution in [0.5, 0.6) is 0 Å². The maximum Gasteiger partial charge on any atom is 0.191 e. The van der Waals surface area contributed by atoms with Crippen molar-refractivity contribution < 1.29 is 8.42 Å². The number of hydrogen-bond acceptors (Lipinski definition) is 4. The fraction of sp³-hybridized carbons (Fsp3) is 0.727. The van der Waals surface area contributed by atoms with Gasteiger partial charge in [0.15, 0.2) is 15.8 Å². The summed E-state index contributed by atoms with van der Waals surface area (Å²) in [5.41, 5.74) is 0. The van der Waals surface area contributed by atoms with Gasteiger partial charge >= 0.3 is 0 Å². The summed E-state index contributed by atoms with van der Waals surface area (Å²) in [5, 5.41) is 6.25. The average Bonchev–Trinajstić information content (AvgIpc) is 2.35. The molecule has 1 heterocycles. The molecular weight excluding hydrogens is 252 g/mol. The van der Waals surface area contributed by atoms with Crippen LogP contribution in [0.2, 0.25) is 0 Å². The molecule has 0 amide bonds. The lowest BCUT2D eigenvalue weighted by molar-refractivity contribution is 0.299. The van der Waals surface area contributed by atoms with Crippen LogP contribution in [0, 0.1) is 0 Å². The molecule has 7 heteroatoms. The second-order valence-electron chi connectivity index (χ2n) is 4.16. The van der Waals surface area contributed by atoms with E-state index in [1.54, 1.807) is 13.1 Å². The molecule has 1 aliphatic rings. The molecule has 0 saturated carbocycles. The summed E-state index contributed by atoms with van der Waals surface area (Å²) in [5.74, 6) is 1.28. The highest BCUT2D eigenvalue weighted by atomic mass is 32.2. The zero-order valence-corrected chi connectivity index (χ0v) is 11.7. The van der Waals surface area contributed by atoms with Gasteiger partial charge < -0.3 is 10.6 Å². The Morgan fingerprint density at radius 2 is 2.06 bits per heavy atom. The molecule has 0 spiro atoms. The Morgan fingerprint density at radius 3 is 2.61 bits per heavy atom. The Bertz CT molecular complexity index is 378. The first-order valence-electron chi connectivity index (χ1n) is 6.05. The Kier molecular flexibility index (Phi) is 6.14. The smallest absolute Gasteiger partial charge is 0.191 e. The monoisotopic (exact) mass is 274 g/mol. The SMILES string of the molecule is C=CCNC(=NC)NCCN1CCS(=O)(=O)CC1. The van der Waals surface area contributed by atoms with Crippen LogP contribution in [0.1, 0.15) is 0 Å². The van der Waals surface area contributed by atoms with Gasteiger partial charge in [-0.1, -0.05) is 6.08 Å². The first-order valence-corrected chi connectivity index (χ1v) is 7.88. The maximum absolute atomic E-state index is 11.3. The third kappa shape index (κ3) is 5.50. The zero-order chi connectivity index (χ0) is 13.4. The van der Waals surface area contributed by atoms with E-state index in [0.29, 0.717) is 19.6 Å². The summed E-state index contributed by atoms with van der Waals surface area (Å²) < 4.78 is 22.5. The summed E-state index contributed by atoms with van der Waals surface area (Å²) >= 11 is 0. The number of hydrogen-bond donors (Lipinski definition) is 2. The summed E-state index contributed by atoms with van der Waals surface area (Å²) in [6, 6.07) is 0. The molecule has 1 fully saturated rings. The Hall–Kier alpha value is -1.08. The van der Waals surface area contributed by atoms with Crippen molar-refractivity contribution in [3.8, 4) is 0 Å². The van der Waals surface area contributed by atoms with Crippen LogP contribution in [0.3, 0.4) is 0 Å². The second-order valence-corrected chi connectivity index (χ2v) is 6.47. The van der Waals surface area contributed by atoms with Crippen molar-refractivity contribution >= 4 is 15.8 Å². The van der Waals surface area contributed by atoms with E-state index in [9.17, 15) is 8.42 Å². The average molecular weight is 274 g/mol. The van der Waals surface area contributed by atoms with Gasteiger partial charge in [-0.3, -0.25) is 9.89 Å². The minimum absolute atomic E-state index is 0.274. The number of rotatable bonds is 5. The number of aliphatic imine (C=N–C) groups is 1. The summed E-state index contributed by atoms with van der Waals surface area (Å²) in [4.78, 5) is 6.21. The predicted octanol–water partition coefficient (Wildman–Crippen LogP) is -0.932. The van der Waals surface area contributed by atoms with E-state index in [4.69, 9.17) is 0 Å². The molecule has 0 unspecified atom stereocenters. The van der Waals surface area contributed by atoms with Gasteiger partial charge in [0.1, 0.15) is 0 Å². The van der Waals surface area contributed by atoms with E-state index in [0.717, 1.165) is 19.0 Å². The lowest BCUT2D eigenvalue weighted by Crippen LogP contribution is -2.45. The van der Waals surface area contributed by atoms with Gasteiger partial charge in [0, 0.05) is 39.8 Å². The first-order chi connectivity index (χ1) is 8.57. The second kappa shape index (κ2) is 7.38. The van der Waals surface area contributed by atoms with E-state index < -0.39 is 9.84 Å². The molecule has 0 radical (unpaired) electrons. The standard InChI is InChI=1S/C11H22N4O2S/c1-3-4-13-11(12-2)14-5-6-15-7-9-18(16,17)10-8-15/h3H,1,4-10H2,2H3,(H2,12,13,14). The van der Waals surface area contributed by atoms with Crippen LogP contribution in [0.4, 0.5) is 0 Å². The van der Waals surface area contributed by atoms with E-state index in [-0.39, 0.29) is 11.5 Å². The molecule has 2 N–H and O–H groups in total. The van der Waals surface area contributed by atoms with Gasteiger partial charge in [-0.25, -0.2) is 8.42 Å². The molecular formula is C11H22N4O2S. The highest BCUT2D eigenvalue weighted by molar-refractivity contribution is 7.91. The van der Waals surface area contributed by atoms with Crippen molar-refractivity contribution in [1.29, 1.82) is 0 Å². The summed E-state index contributed by atoms with van der Waals surface area (Å²) in [7, 11) is -1.07. The number of nitrogens with one attached hydrogen (secondary N) is 2. The van der Waals surface area contributed by atoms with Gasteiger partial charge in [0.05, 0.1) is 11.5 Å². The zero-order valence-electron chi connectivity index (χ0n) is 10.9. The quantitative estimate of drug-likeness (QED) is 0.385. The minimum Gasteiger partial charge on any atom is -0.355 e. The largest absolute Gasteiger partial charge is 0.355 e. The third-order valence-electron chi connectivity index (χ3n) is 2.79. The van der Waals surface area contributed by atoms with Gasteiger partial charge in [-0.15, -0.1) is 6.58 Å².